The van der Waals surface area contributed by atoms with Gasteiger partial charge in [-0.05, 0) is 53.9 Å². The first-order chi connectivity index (χ1) is 16.7. The van der Waals surface area contributed by atoms with E-state index in [2.05, 4.69) is 5.32 Å². The van der Waals surface area contributed by atoms with Gasteiger partial charge in [0.2, 0.25) is 15.9 Å². The van der Waals surface area contributed by atoms with Crippen molar-refractivity contribution in [1.82, 2.24) is 4.31 Å². The van der Waals surface area contributed by atoms with Crippen LogP contribution >= 0.6 is 0 Å². The molecule has 0 aliphatic carbocycles. The second kappa shape index (κ2) is 9.40. The lowest BCUT2D eigenvalue weighted by Gasteiger charge is -2.31. The Balaban J connectivity index is 1.55. The quantitative estimate of drug-likeness (QED) is 0.426. The van der Waals surface area contributed by atoms with E-state index in [4.69, 9.17) is 0 Å². The largest absolute Gasteiger partial charge is 0.416 e. The Hall–Kier alpha value is -3.12. The molecule has 1 aliphatic heterocycles. The van der Waals surface area contributed by atoms with Gasteiger partial charge >= 0.3 is 12.4 Å². The zero-order chi connectivity index (χ0) is 26.3. The zero-order valence-corrected chi connectivity index (χ0v) is 19.3. The van der Waals surface area contributed by atoms with E-state index in [1.165, 1.54) is 12.1 Å². The van der Waals surface area contributed by atoms with E-state index in [0.29, 0.717) is 23.9 Å². The molecule has 0 unspecified atom stereocenters. The van der Waals surface area contributed by atoms with Crippen LogP contribution < -0.4 is 5.32 Å². The van der Waals surface area contributed by atoms with Crippen LogP contribution in [0, 0.1) is 5.92 Å². The molecule has 3 aromatic carbocycles. The fraction of sp³-hybridized carbons (Fsp3) is 0.292. The predicted molar refractivity (Wildman–Crippen MR) is 121 cm³/mol. The number of alkyl halides is 6. The lowest BCUT2D eigenvalue weighted by atomic mass is 9.98. The van der Waals surface area contributed by atoms with Gasteiger partial charge in [-0.25, -0.2) is 8.42 Å². The summed E-state index contributed by atoms with van der Waals surface area (Å²) in [4.78, 5) is 12.8. The average Bonchev–Trinajstić information content (AvgIpc) is 2.82. The number of hydrogen-bond acceptors (Lipinski definition) is 3. The lowest BCUT2D eigenvalue weighted by Crippen LogP contribution is -2.43. The van der Waals surface area contributed by atoms with Crippen LogP contribution in [0.15, 0.2) is 65.6 Å². The fourth-order valence-corrected chi connectivity index (χ4v) is 5.68. The summed E-state index contributed by atoms with van der Waals surface area (Å²) in [5.41, 5.74) is -3.79. The van der Waals surface area contributed by atoms with Gasteiger partial charge in [-0.2, -0.15) is 30.6 Å². The molecule has 3 aromatic rings. The van der Waals surface area contributed by atoms with E-state index < -0.39 is 51.0 Å². The summed E-state index contributed by atoms with van der Waals surface area (Å²) in [6.45, 7) is -0.132. The van der Waals surface area contributed by atoms with Crippen molar-refractivity contribution in [3.8, 4) is 0 Å². The van der Waals surface area contributed by atoms with Crippen LogP contribution in [0.1, 0.15) is 24.0 Å². The lowest BCUT2D eigenvalue weighted by molar-refractivity contribution is -0.143. The fourth-order valence-electron chi connectivity index (χ4n) is 4.12. The molecule has 1 saturated heterocycles. The maximum Gasteiger partial charge on any atom is 0.416 e. The minimum absolute atomic E-state index is 0.0231. The molecule has 0 aromatic heterocycles. The number of carbonyl (C=O) groups is 1. The van der Waals surface area contributed by atoms with Crippen molar-refractivity contribution in [3.05, 3.63) is 71.8 Å². The topological polar surface area (TPSA) is 66.5 Å². The molecule has 0 saturated carbocycles. The van der Waals surface area contributed by atoms with Crippen LogP contribution in [0.4, 0.5) is 32.0 Å². The Morgan fingerprint density at radius 1 is 0.861 bits per heavy atom. The maximum absolute atomic E-state index is 13.2. The molecule has 4 rings (SSSR count). The third-order valence-electron chi connectivity index (χ3n) is 5.97. The third kappa shape index (κ3) is 5.49. The van der Waals surface area contributed by atoms with Crippen LogP contribution in [0.2, 0.25) is 0 Å². The van der Waals surface area contributed by atoms with E-state index in [0.717, 1.165) is 9.69 Å². The summed E-state index contributed by atoms with van der Waals surface area (Å²) >= 11 is 0. The number of hydrogen-bond donors (Lipinski definition) is 1. The SMILES string of the molecule is O=C(Nc1cc(C(F)(F)F)cc(C(F)(F)F)c1)[C@H]1CCCN(S(=O)(=O)c2ccc3ccccc3c2)C1. The highest BCUT2D eigenvalue weighted by molar-refractivity contribution is 7.89. The number of nitrogens with zero attached hydrogens (tertiary/aromatic N) is 1. The normalized spacial score (nSPS) is 17.8. The summed E-state index contributed by atoms with van der Waals surface area (Å²) in [6, 6.07) is 12.6. The highest BCUT2D eigenvalue weighted by atomic mass is 32.2. The summed E-state index contributed by atoms with van der Waals surface area (Å²) < 4.78 is 106. The molecule has 0 radical (unpaired) electrons. The summed E-state index contributed by atoms with van der Waals surface area (Å²) in [7, 11) is -3.99. The van der Waals surface area contributed by atoms with E-state index in [1.807, 2.05) is 12.1 Å². The molecule has 1 atom stereocenters. The molecule has 1 amide bonds. The maximum atomic E-state index is 13.2. The van der Waals surface area contributed by atoms with Crippen molar-refractivity contribution in [2.45, 2.75) is 30.1 Å². The van der Waals surface area contributed by atoms with Gasteiger partial charge in [0.15, 0.2) is 0 Å². The van der Waals surface area contributed by atoms with Crippen LogP contribution in [-0.2, 0) is 27.2 Å². The van der Waals surface area contributed by atoms with E-state index in [1.54, 1.807) is 18.2 Å². The third-order valence-corrected chi connectivity index (χ3v) is 7.83. The Bertz CT molecular complexity index is 1370. The minimum atomic E-state index is -5.06. The highest BCUT2D eigenvalue weighted by Gasteiger charge is 2.38. The van der Waals surface area contributed by atoms with Crippen molar-refractivity contribution in [3.63, 3.8) is 0 Å². The first kappa shape index (κ1) is 26.0. The van der Waals surface area contributed by atoms with E-state index in [9.17, 15) is 39.6 Å². The Labute approximate surface area is 202 Å². The molecule has 1 heterocycles. The van der Waals surface area contributed by atoms with E-state index in [-0.39, 0.29) is 30.5 Å². The molecule has 12 heteroatoms. The second-order valence-corrected chi connectivity index (χ2v) is 10.4. The molecule has 1 N–H and O–H groups in total. The predicted octanol–water partition coefficient (Wildman–Crippen LogP) is 5.92. The van der Waals surface area contributed by atoms with Gasteiger partial charge in [0, 0.05) is 18.8 Å². The number of benzene rings is 3. The molecule has 5 nitrogen and oxygen atoms in total. The zero-order valence-electron chi connectivity index (χ0n) is 18.5. The average molecular weight is 530 g/mol. The van der Waals surface area contributed by atoms with Crippen LogP contribution in [0.3, 0.4) is 0 Å². The number of halogens is 6. The molecule has 0 spiro atoms. The summed E-state index contributed by atoms with van der Waals surface area (Å²) in [6.07, 6.45) is -9.60. The second-order valence-electron chi connectivity index (χ2n) is 8.49. The Kier molecular flexibility index (Phi) is 6.78. The smallest absolute Gasteiger partial charge is 0.326 e. The first-order valence-corrected chi connectivity index (χ1v) is 12.3. The van der Waals surface area contributed by atoms with Gasteiger partial charge in [-0.1, -0.05) is 30.3 Å². The number of amides is 1. The number of sulfonamides is 1. The summed E-state index contributed by atoms with van der Waals surface area (Å²) in [5.74, 6) is -1.82. The van der Waals surface area contributed by atoms with Crippen molar-refractivity contribution in [2.75, 3.05) is 18.4 Å². The first-order valence-electron chi connectivity index (χ1n) is 10.8. The highest BCUT2D eigenvalue weighted by Crippen LogP contribution is 2.38. The standard InChI is InChI=1S/C24H20F6N2O3S/c25-23(26,27)18-11-19(24(28,29)30)13-20(12-18)31-22(33)17-6-3-9-32(14-17)36(34,35)21-8-7-15-4-1-2-5-16(15)10-21/h1-2,4-5,7-8,10-13,17H,3,6,9,14H2,(H,31,33)/t17-/m0/s1. The number of rotatable bonds is 4. The molecular weight excluding hydrogens is 510 g/mol. The van der Waals surface area contributed by atoms with Gasteiger partial charge in [-0.15, -0.1) is 0 Å². The molecular formula is C24H20F6N2O3S. The molecule has 1 fully saturated rings. The monoisotopic (exact) mass is 530 g/mol. The van der Waals surface area contributed by atoms with Crippen LogP contribution in [-0.4, -0.2) is 31.7 Å². The number of carbonyl (C=O) groups excluding carboxylic acids is 1. The molecule has 1 aliphatic rings. The number of piperidine rings is 1. The van der Waals surface area contributed by atoms with Gasteiger partial charge < -0.3 is 5.32 Å². The van der Waals surface area contributed by atoms with Crippen LogP contribution in [0.5, 0.6) is 0 Å². The van der Waals surface area contributed by atoms with Gasteiger partial charge in [-0.3, -0.25) is 4.79 Å². The molecule has 0 bridgehead atoms. The van der Waals surface area contributed by atoms with Crippen molar-refractivity contribution in [2.24, 2.45) is 5.92 Å². The van der Waals surface area contributed by atoms with Gasteiger partial charge in [0.1, 0.15) is 0 Å². The molecule has 36 heavy (non-hydrogen) atoms. The van der Waals surface area contributed by atoms with Crippen LogP contribution in [0.25, 0.3) is 10.8 Å². The number of fused-ring (bicyclic) bond motifs is 1. The van der Waals surface area contributed by atoms with Gasteiger partial charge in [0.25, 0.3) is 0 Å². The summed E-state index contributed by atoms with van der Waals surface area (Å²) in [5, 5.41) is 3.66. The number of anilines is 1. The Morgan fingerprint density at radius 2 is 1.47 bits per heavy atom. The van der Waals surface area contributed by atoms with Crippen molar-refractivity contribution >= 4 is 32.4 Å². The van der Waals surface area contributed by atoms with Gasteiger partial charge in [0.05, 0.1) is 21.9 Å². The van der Waals surface area contributed by atoms with Crippen molar-refractivity contribution in [1.29, 1.82) is 0 Å². The number of nitrogens with one attached hydrogen (secondary N) is 1. The Morgan fingerprint density at radius 3 is 2.08 bits per heavy atom. The van der Waals surface area contributed by atoms with Crippen molar-refractivity contribution < 1.29 is 39.6 Å². The minimum Gasteiger partial charge on any atom is -0.326 e. The van der Waals surface area contributed by atoms with E-state index >= 15 is 0 Å². The molecule has 192 valence electrons.